The molecule has 0 aromatic heterocycles. The molecule has 1 unspecified atom stereocenters. The van der Waals surface area contributed by atoms with E-state index in [4.69, 9.17) is 18.9 Å². The third-order valence-corrected chi connectivity index (χ3v) is 4.47. The molecule has 3 aromatic rings. The molecule has 0 amide bonds. The second kappa shape index (κ2) is 11.3. The molecule has 0 N–H and O–H groups in total. The molecule has 1 atom stereocenters. The number of hydrogen-bond donors (Lipinski definition) is 0. The fourth-order valence-corrected chi connectivity index (χ4v) is 2.84. The molecule has 0 bridgehead atoms. The van der Waals surface area contributed by atoms with Gasteiger partial charge in [-0.3, -0.25) is 4.79 Å². The van der Waals surface area contributed by atoms with E-state index in [0.717, 1.165) is 11.3 Å². The zero-order chi connectivity index (χ0) is 22.8. The van der Waals surface area contributed by atoms with Gasteiger partial charge in [-0.2, -0.15) is 10.2 Å². The molecule has 3 rings (SSSR count). The highest BCUT2D eigenvalue weighted by Gasteiger charge is 2.25. The fraction of sp³-hybridized carbons (Fsp3) is 0.167. The van der Waals surface area contributed by atoms with Crippen LogP contribution in [0.25, 0.3) is 0 Å². The average molecular weight is 434 g/mol. The molecule has 0 aliphatic carbocycles. The van der Waals surface area contributed by atoms with Crippen LogP contribution in [-0.2, 0) is 25.7 Å². The number of hydrogen-bond acceptors (Lipinski definition) is 8. The molecule has 0 saturated heterocycles. The number of azo groups is 1. The minimum atomic E-state index is -1.23. The van der Waals surface area contributed by atoms with E-state index in [0.29, 0.717) is 22.7 Å². The maximum absolute atomic E-state index is 12.6. The van der Waals surface area contributed by atoms with Gasteiger partial charge >= 0.3 is 5.97 Å². The van der Waals surface area contributed by atoms with Crippen molar-refractivity contribution in [1.29, 1.82) is 0 Å². The van der Waals surface area contributed by atoms with Crippen LogP contribution in [0, 0.1) is 0 Å². The normalized spacial score (nSPS) is 11.6. The molecular formula is C24H22N2O6. The zero-order valence-corrected chi connectivity index (χ0v) is 17.6. The molecule has 8 heteroatoms. The van der Waals surface area contributed by atoms with E-state index in [2.05, 4.69) is 10.2 Å². The van der Waals surface area contributed by atoms with Crippen LogP contribution in [0.15, 0.2) is 83.0 Å². The third-order valence-electron chi connectivity index (χ3n) is 4.47. The highest BCUT2D eigenvalue weighted by atomic mass is 16.6. The summed E-state index contributed by atoms with van der Waals surface area (Å²) >= 11 is 0. The lowest BCUT2D eigenvalue weighted by atomic mass is 10.1. The monoisotopic (exact) mass is 434 g/mol. The molecule has 164 valence electrons. The summed E-state index contributed by atoms with van der Waals surface area (Å²) in [5, 5.41) is 8.33. The number of nitrogens with zero attached hydrogens (tertiary/aromatic N) is 2. The van der Waals surface area contributed by atoms with E-state index in [9.17, 15) is 9.59 Å². The predicted octanol–water partition coefficient (Wildman–Crippen LogP) is 5.08. The predicted molar refractivity (Wildman–Crippen MR) is 116 cm³/mol. The summed E-state index contributed by atoms with van der Waals surface area (Å²) in [7, 11) is 2.97. The summed E-state index contributed by atoms with van der Waals surface area (Å²) in [6.07, 6.45) is -1.23. The van der Waals surface area contributed by atoms with Gasteiger partial charge in [-0.15, -0.1) is 0 Å². The maximum Gasteiger partial charge on any atom is 0.352 e. The van der Waals surface area contributed by atoms with E-state index in [1.165, 1.54) is 14.2 Å². The quantitative estimate of drug-likeness (QED) is 0.251. The lowest BCUT2D eigenvalue weighted by Crippen LogP contribution is -2.18. The molecule has 0 spiro atoms. The first-order valence-corrected chi connectivity index (χ1v) is 9.68. The van der Waals surface area contributed by atoms with Crippen LogP contribution >= 0.6 is 0 Å². The van der Waals surface area contributed by atoms with Crippen molar-refractivity contribution in [3.05, 3.63) is 83.9 Å². The number of esters is 1. The van der Waals surface area contributed by atoms with Crippen molar-refractivity contribution in [3.8, 4) is 11.5 Å². The molecule has 0 fully saturated rings. The summed E-state index contributed by atoms with van der Waals surface area (Å²) < 4.78 is 20.7. The van der Waals surface area contributed by atoms with Crippen LogP contribution in [0.1, 0.15) is 17.2 Å². The minimum Gasteiger partial charge on any atom is -0.493 e. The van der Waals surface area contributed by atoms with Gasteiger partial charge in [0, 0.05) is 5.56 Å². The van der Waals surface area contributed by atoms with Gasteiger partial charge in [-0.1, -0.05) is 36.4 Å². The topological polar surface area (TPSA) is 95.8 Å². The van der Waals surface area contributed by atoms with Crippen LogP contribution in [0.2, 0.25) is 0 Å². The van der Waals surface area contributed by atoms with Crippen molar-refractivity contribution in [2.75, 3.05) is 14.2 Å². The van der Waals surface area contributed by atoms with Gasteiger partial charge in [-0.25, -0.2) is 4.79 Å². The van der Waals surface area contributed by atoms with Crippen molar-refractivity contribution in [2.24, 2.45) is 10.2 Å². The Morgan fingerprint density at radius 2 is 1.53 bits per heavy atom. The molecule has 0 saturated carbocycles. The second-order valence-electron chi connectivity index (χ2n) is 6.54. The summed E-state index contributed by atoms with van der Waals surface area (Å²) in [6.45, 7) is 0.204. The van der Waals surface area contributed by atoms with Crippen LogP contribution in [-0.4, -0.2) is 26.7 Å². The fourth-order valence-electron chi connectivity index (χ4n) is 2.84. The van der Waals surface area contributed by atoms with Gasteiger partial charge in [0.2, 0.25) is 6.10 Å². The molecule has 8 nitrogen and oxygen atoms in total. The summed E-state index contributed by atoms with van der Waals surface area (Å²) in [5.74, 6) is 0.175. The Balaban J connectivity index is 1.64. The maximum atomic E-state index is 12.6. The first-order valence-electron chi connectivity index (χ1n) is 9.68. The molecule has 32 heavy (non-hydrogen) atoms. The average Bonchev–Trinajstić information content (AvgIpc) is 2.85. The summed E-state index contributed by atoms with van der Waals surface area (Å²) in [4.78, 5) is 23.5. The Morgan fingerprint density at radius 1 is 0.875 bits per heavy atom. The van der Waals surface area contributed by atoms with Crippen LogP contribution in [0.3, 0.4) is 0 Å². The highest BCUT2D eigenvalue weighted by Crippen LogP contribution is 2.31. The van der Waals surface area contributed by atoms with Crippen molar-refractivity contribution in [2.45, 2.75) is 12.7 Å². The Kier molecular flexibility index (Phi) is 7.91. The zero-order valence-electron chi connectivity index (χ0n) is 17.6. The molecule has 0 aliphatic heterocycles. The van der Waals surface area contributed by atoms with Crippen molar-refractivity contribution in [1.82, 2.24) is 0 Å². The van der Waals surface area contributed by atoms with Gasteiger partial charge in [0.25, 0.3) is 6.47 Å². The van der Waals surface area contributed by atoms with Crippen LogP contribution < -0.4 is 9.47 Å². The molecular weight excluding hydrogens is 412 g/mol. The lowest BCUT2D eigenvalue weighted by molar-refractivity contribution is -0.163. The van der Waals surface area contributed by atoms with Crippen molar-refractivity contribution >= 4 is 23.8 Å². The number of ether oxygens (including phenoxy) is 4. The first kappa shape index (κ1) is 22.5. The lowest BCUT2D eigenvalue weighted by Gasteiger charge is -2.16. The Bertz CT molecular complexity index is 1070. The third kappa shape index (κ3) is 5.91. The number of methoxy groups -OCH3 is 2. The van der Waals surface area contributed by atoms with Gasteiger partial charge < -0.3 is 18.9 Å². The smallest absolute Gasteiger partial charge is 0.352 e. The largest absolute Gasteiger partial charge is 0.493 e. The standard InChI is InChI=1S/C24H22N2O6/c1-29-21-13-10-18(14-22(21)30-2)23(32-16-27)24(28)31-15-17-8-11-20(12-9-17)26-25-19-6-4-3-5-7-19/h3-14,16,23H,15H2,1-2H3. The first-order chi connectivity index (χ1) is 15.6. The number of carbonyl (C=O) groups excluding carboxylic acids is 2. The van der Waals surface area contributed by atoms with Gasteiger partial charge in [-0.05, 0) is 42.0 Å². The minimum absolute atomic E-state index is 0.000941. The molecule has 0 aliphatic rings. The molecule has 3 aromatic carbocycles. The SMILES string of the molecule is COc1ccc(C(OC=O)C(=O)OCc2ccc(N=Nc3ccccc3)cc2)cc1OC. The summed E-state index contributed by atoms with van der Waals surface area (Å²) in [6, 6.07) is 21.2. The van der Waals surface area contributed by atoms with E-state index in [1.54, 1.807) is 42.5 Å². The van der Waals surface area contributed by atoms with E-state index in [1.807, 2.05) is 30.3 Å². The Morgan fingerprint density at radius 3 is 2.16 bits per heavy atom. The van der Waals surface area contributed by atoms with Crippen LogP contribution in [0.4, 0.5) is 11.4 Å². The number of carbonyl (C=O) groups is 2. The van der Waals surface area contributed by atoms with Gasteiger partial charge in [0.05, 0.1) is 25.6 Å². The van der Waals surface area contributed by atoms with Gasteiger partial charge in [0.1, 0.15) is 6.61 Å². The molecule has 0 radical (unpaired) electrons. The van der Waals surface area contributed by atoms with E-state index in [-0.39, 0.29) is 13.1 Å². The van der Waals surface area contributed by atoms with Gasteiger partial charge in [0.15, 0.2) is 11.5 Å². The van der Waals surface area contributed by atoms with Crippen molar-refractivity contribution < 1.29 is 28.5 Å². The van der Waals surface area contributed by atoms with Crippen LogP contribution in [0.5, 0.6) is 11.5 Å². The van der Waals surface area contributed by atoms with E-state index < -0.39 is 12.1 Å². The van der Waals surface area contributed by atoms with E-state index >= 15 is 0 Å². The second-order valence-corrected chi connectivity index (χ2v) is 6.54. The number of rotatable bonds is 10. The Labute approximate surface area is 185 Å². The summed E-state index contributed by atoms with van der Waals surface area (Å²) in [5.41, 5.74) is 2.56. The molecule has 0 heterocycles. The highest BCUT2D eigenvalue weighted by molar-refractivity contribution is 5.78. The van der Waals surface area contributed by atoms with Crippen molar-refractivity contribution in [3.63, 3.8) is 0 Å². The Hall–Kier alpha value is -4.20. The number of benzene rings is 3.